The highest BCUT2D eigenvalue weighted by molar-refractivity contribution is 5.76. The summed E-state index contributed by atoms with van der Waals surface area (Å²) in [7, 11) is 2.16. The summed E-state index contributed by atoms with van der Waals surface area (Å²) in [6, 6.07) is 7.75. The predicted molar refractivity (Wildman–Crippen MR) is 81.7 cm³/mol. The van der Waals surface area contributed by atoms with Gasteiger partial charge in [-0.15, -0.1) is 0 Å². The van der Waals surface area contributed by atoms with E-state index in [1.54, 1.807) is 0 Å². The smallest absolute Gasteiger partial charge is 0.126 e. The lowest BCUT2D eigenvalue weighted by molar-refractivity contribution is 0.325. The molecule has 2 aliphatic rings. The molecule has 1 aromatic heterocycles. The molecule has 2 heterocycles. The second kappa shape index (κ2) is 4.59. The first-order valence-electron chi connectivity index (χ1n) is 7.91. The van der Waals surface area contributed by atoms with E-state index >= 15 is 0 Å². The molecule has 0 radical (unpaired) electrons. The van der Waals surface area contributed by atoms with Crippen LogP contribution in [0.4, 0.5) is 0 Å². The zero-order valence-corrected chi connectivity index (χ0v) is 12.4. The van der Waals surface area contributed by atoms with Crippen LogP contribution < -0.4 is 5.32 Å². The van der Waals surface area contributed by atoms with Crippen LogP contribution in [0.3, 0.4) is 0 Å². The predicted octanol–water partition coefficient (Wildman–Crippen LogP) is 3.47. The number of fused-ring (bicyclic) bond motifs is 2. The van der Waals surface area contributed by atoms with Gasteiger partial charge in [-0.2, -0.15) is 0 Å². The van der Waals surface area contributed by atoms with Crippen molar-refractivity contribution >= 4 is 11.0 Å². The summed E-state index contributed by atoms with van der Waals surface area (Å²) in [5.41, 5.74) is 3.68. The summed E-state index contributed by atoms with van der Waals surface area (Å²) >= 11 is 0. The molecule has 4 rings (SSSR count). The van der Waals surface area contributed by atoms with Gasteiger partial charge in [0.15, 0.2) is 0 Å². The molecule has 3 heteroatoms. The van der Waals surface area contributed by atoms with Crippen molar-refractivity contribution in [2.75, 3.05) is 0 Å². The second-order valence-corrected chi connectivity index (χ2v) is 6.63. The molecule has 3 nitrogen and oxygen atoms in total. The van der Waals surface area contributed by atoms with Gasteiger partial charge in [-0.1, -0.05) is 18.9 Å². The fraction of sp³-hybridized carbons (Fsp3) is 0.588. The largest absolute Gasteiger partial charge is 0.330 e. The Bertz CT molecular complexity index is 629. The van der Waals surface area contributed by atoms with Gasteiger partial charge >= 0.3 is 0 Å². The van der Waals surface area contributed by atoms with Crippen LogP contribution in [0.25, 0.3) is 11.0 Å². The monoisotopic (exact) mass is 269 g/mol. The minimum atomic E-state index is 0.445. The van der Waals surface area contributed by atoms with Gasteiger partial charge in [-0.25, -0.2) is 4.98 Å². The van der Waals surface area contributed by atoms with Crippen LogP contribution in [0.1, 0.15) is 49.5 Å². The average Bonchev–Trinajstić information content (AvgIpc) is 3.00. The van der Waals surface area contributed by atoms with Gasteiger partial charge in [-0.3, -0.25) is 0 Å². The summed E-state index contributed by atoms with van der Waals surface area (Å²) in [5.74, 6) is 2.09. The van der Waals surface area contributed by atoms with Gasteiger partial charge in [0.1, 0.15) is 5.82 Å². The summed E-state index contributed by atoms with van der Waals surface area (Å²) in [5, 5.41) is 3.84. The Labute approximate surface area is 120 Å². The fourth-order valence-electron chi connectivity index (χ4n) is 4.16. The minimum Gasteiger partial charge on any atom is -0.330 e. The van der Waals surface area contributed by atoms with E-state index in [1.165, 1.54) is 49.0 Å². The molecule has 106 valence electrons. The number of imidazole rings is 1. The van der Waals surface area contributed by atoms with Crippen molar-refractivity contribution in [2.24, 2.45) is 13.0 Å². The van der Waals surface area contributed by atoms with Crippen LogP contribution in [0.15, 0.2) is 18.2 Å². The molecule has 0 bridgehead atoms. The van der Waals surface area contributed by atoms with E-state index in [-0.39, 0.29) is 0 Å². The Morgan fingerprint density at radius 2 is 2.10 bits per heavy atom. The maximum Gasteiger partial charge on any atom is 0.126 e. The van der Waals surface area contributed by atoms with E-state index in [2.05, 4.69) is 42.1 Å². The van der Waals surface area contributed by atoms with E-state index in [4.69, 9.17) is 4.98 Å². The van der Waals surface area contributed by atoms with Crippen LogP contribution >= 0.6 is 0 Å². The minimum absolute atomic E-state index is 0.445. The third kappa shape index (κ3) is 1.87. The van der Waals surface area contributed by atoms with Crippen molar-refractivity contribution in [3.8, 4) is 0 Å². The molecule has 1 aromatic carbocycles. The molecule has 3 atom stereocenters. The third-order valence-electron chi connectivity index (χ3n) is 5.25. The molecular weight excluding hydrogens is 246 g/mol. The van der Waals surface area contributed by atoms with Gasteiger partial charge in [0.05, 0.1) is 17.1 Å². The molecule has 1 aliphatic carbocycles. The second-order valence-electron chi connectivity index (χ2n) is 6.63. The van der Waals surface area contributed by atoms with Crippen molar-refractivity contribution in [3.63, 3.8) is 0 Å². The van der Waals surface area contributed by atoms with Crippen LogP contribution in [-0.4, -0.2) is 15.6 Å². The van der Waals surface area contributed by atoms with Crippen molar-refractivity contribution < 1.29 is 0 Å². The maximum atomic E-state index is 4.91. The van der Waals surface area contributed by atoms with Crippen molar-refractivity contribution in [3.05, 3.63) is 29.6 Å². The summed E-state index contributed by atoms with van der Waals surface area (Å²) in [6.07, 6.45) is 6.82. The van der Waals surface area contributed by atoms with Crippen molar-refractivity contribution in [2.45, 2.75) is 51.1 Å². The first kappa shape index (κ1) is 12.4. The number of aryl methyl sites for hydroxylation is 2. The van der Waals surface area contributed by atoms with Crippen LogP contribution in [0, 0.1) is 12.8 Å². The Kier molecular flexibility index (Phi) is 2.84. The quantitative estimate of drug-likeness (QED) is 0.859. The van der Waals surface area contributed by atoms with Crippen molar-refractivity contribution in [1.29, 1.82) is 0 Å². The molecule has 1 saturated carbocycles. The lowest BCUT2D eigenvalue weighted by atomic mass is 9.85. The molecule has 0 spiro atoms. The number of rotatable bonds is 1. The molecule has 0 amide bonds. The van der Waals surface area contributed by atoms with E-state index < -0.39 is 0 Å². The third-order valence-corrected chi connectivity index (χ3v) is 5.25. The molecule has 1 saturated heterocycles. The average molecular weight is 269 g/mol. The van der Waals surface area contributed by atoms with Crippen LogP contribution in [0.5, 0.6) is 0 Å². The Balaban J connectivity index is 1.70. The van der Waals surface area contributed by atoms with Gasteiger partial charge < -0.3 is 9.88 Å². The highest BCUT2D eigenvalue weighted by Gasteiger charge is 2.37. The van der Waals surface area contributed by atoms with Crippen LogP contribution in [-0.2, 0) is 7.05 Å². The molecule has 2 fully saturated rings. The number of nitrogens with zero attached hydrogens (tertiary/aromatic N) is 2. The zero-order chi connectivity index (χ0) is 13.7. The van der Waals surface area contributed by atoms with E-state index in [0.717, 1.165) is 17.5 Å². The summed E-state index contributed by atoms with van der Waals surface area (Å²) in [6.45, 7) is 2.14. The SMILES string of the molecule is Cc1ccc2c(c1)nc(C1CC3CCCCC3N1)n2C. The van der Waals surface area contributed by atoms with Crippen LogP contribution in [0.2, 0.25) is 0 Å². The Morgan fingerprint density at radius 3 is 2.95 bits per heavy atom. The molecule has 1 N–H and O–H groups in total. The molecule has 2 aromatic rings. The topological polar surface area (TPSA) is 29.9 Å². The van der Waals surface area contributed by atoms with E-state index in [0.29, 0.717) is 6.04 Å². The first-order chi connectivity index (χ1) is 9.72. The molecular formula is C17H23N3. The molecule has 1 aliphatic heterocycles. The number of benzene rings is 1. The van der Waals surface area contributed by atoms with Crippen molar-refractivity contribution in [1.82, 2.24) is 14.9 Å². The van der Waals surface area contributed by atoms with E-state index in [9.17, 15) is 0 Å². The number of hydrogen-bond donors (Lipinski definition) is 1. The number of hydrogen-bond acceptors (Lipinski definition) is 2. The normalized spacial score (nSPS) is 29.8. The zero-order valence-electron chi connectivity index (χ0n) is 12.4. The summed E-state index contributed by atoms with van der Waals surface area (Å²) in [4.78, 5) is 4.91. The molecule has 3 unspecified atom stereocenters. The number of nitrogens with one attached hydrogen (secondary N) is 1. The highest BCUT2D eigenvalue weighted by Crippen LogP contribution is 2.39. The molecule has 20 heavy (non-hydrogen) atoms. The van der Waals surface area contributed by atoms with E-state index in [1.807, 2.05) is 0 Å². The van der Waals surface area contributed by atoms with Gasteiger partial charge in [0, 0.05) is 13.1 Å². The standard InChI is InChI=1S/C17H23N3/c1-11-7-8-16-14(9-11)19-17(20(16)2)15-10-12-5-3-4-6-13(12)18-15/h7-9,12-13,15,18H,3-6,10H2,1-2H3. The van der Waals surface area contributed by atoms with Gasteiger partial charge in [0.25, 0.3) is 0 Å². The number of aromatic nitrogens is 2. The lowest BCUT2D eigenvalue weighted by Gasteiger charge is -2.24. The van der Waals surface area contributed by atoms with Gasteiger partial charge in [0.2, 0.25) is 0 Å². The fourth-order valence-corrected chi connectivity index (χ4v) is 4.16. The first-order valence-corrected chi connectivity index (χ1v) is 7.91. The van der Waals surface area contributed by atoms with Gasteiger partial charge in [-0.05, 0) is 49.8 Å². The Hall–Kier alpha value is -1.35. The highest BCUT2D eigenvalue weighted by atomic mass is 15.1. The Morgan fingerprint density at radius 1 is 1.25 bits per heavy atom. The summed E-state index contributed by atoms with van der Waals surface area (Å²) < 4.78 is 2.28. The lowest BCUT2D eigenvalue weighted by Crippen LogP contribution is -2.31. The maximum absolute atomic E-state index is 4.91.